The van der Waals surface area contributed by atoms with Crippen LogP contribution in [0.4, 0.5) is 11.4 Å². The number of carboxylic acid groups (broad SMARTS) is 1. The lowest BCUT2D eigenvalue weighted by Crippen LogP contribution is -2.06. The van der Waals surface area contributed by atoms with E-state index in [9.17, 15) is 9.90 Å². The molecule has 0 spiro atoms. The molecule has 0 saturated heterocycles. The summed E-state index contributed by atoms with van der Waals surface area (Å²) in [5, 5.41) is 13.4. The number of ether oxygens (including phenoxy) is 2. The average Bonchev–Trinajstić information content (AvgIpc) is 2.77. The molecule has 0 aliphatic heterocycles. The molecule has 31 heavy (non-hydrogen) atoms. The Morgan fingerprint density at radius 1 is 1.13 bits per heavy atom. The SMILES string of the molecule is CCOc1cc2c(Nc3ccc(Oc4ccccn4)cc3)c(C(=O)O)cnc2nc1C. The molecule has 4 rings (SSSR count). The summed E-state index contributed by atoms with van der Waals surface area (Å²) in [5.41, 5.74) is 2.23. The molecule has 2 N–H and O–H groups in total. The summed E-state index contributed by atoms with van der Waals surface area (Å²) in [7, 11) is 0. The van der Waals surface area contributed by atoms with Gasteiger partial charge in [-0.15, -0.1) is 0 Å². The molecule has 0 fully saturated rings. The normalized spacial score (nSPS) is 10.6. The number of rotatable bonds is 7. The molecule has 0 aliphatic rings. The molecule has 8 nitrogen and oxygen atoms in total. The highest BCUT2D eigenvalue weighted by Crippen LogP contribution is 2.33. The Kier molecular flexibility index (Phi) is 5.61. The van der Waals surface area contributed by atoms with Crippen LogP contribution >= 0.6 is 0 Å². The van der Waals surface area contributed by atoms with Gasteiger partial charge in [0.05, 0.1) is 18.0 Å². The number of nitrogens with zero attached hydrogens (tertiary/aromatic N) is 3. The Hall–Kier alpha value is -4.20. The van der Waals surface area contributed by atoms with Gasteiger partial charge in [-0.05, 0) is 50.2 Å². The van der Waals surface area contributed by atoms with Gasteiger partial charge in [0.15, 0.2) is 5.65 Å². The van der Waals surface area contributed by atoms with Crippen molar-refractivity contribution in [2.24, 2.45) is 0 Å². The van der Waals surface area contributed by atoms with E-state index in [0.717, 1.165) is 0 Å². The van der Waals surface area contributed by atoms with Crippen molar-refractivity contribution < 1.29 is 19.4 Å². The van der Waals surface area contributed by atoms with E-state index in [4.69, 9.17) is 9.47 Å². The molecular weight excluding hydrogens is 396 g/mol. The van der Waals surface area contributed by atoms with Gasteiger partial charge in [0.2, 0.25) is 5.88 Å². The van der Waals surface area contributed by atoms with Crippen molar-refractivity contribution in [3.05, 3.63) is 72.2 Å². The van der Waals surface area contributed by atoms with Crippen LogP contribution < -0.4 is 14.8 Å². The zero-order valence-corrected chi connectivity index (χ0v) is 17.0. The van der Waals surface area contributed by atoms with E-state index in [1.54, 1.807) is 42.6 Å². The third-order valence-electron chi connectivity index (χ3n) is 4.52. The van der Waals surface area contributed by atoms with Gasteiger partial charge in [-0.3, -0.25) is 0 Å². The molecule has 0 atom stereocenters. The Morgan fingerprint density at radius 3 is 2.61 bits per heavy atom. The number of pyridine rings is 3. The molecule has 1 aromatic carbocycles. The van der Waals surface area contributed by atoms with Crippen molar-refractivity contribution >= 4 is 28.4 Å². The lowest BCUT2D eigenvalue weighted by Gasteiger charge is -2.15. The van der Waals surface area contributed by atoms with E-state index >= 15 is 0 Å². The highest BCUT2D eigenvalue weighted by atomic mass is 16.5. The van der Waals surface area contributed by atoms with Crippen LogP contribution in [0.15, 0.2) is 60.9 Å². The van der Waals surface area contributed by atoms with Crippen molar-refractivity contribution in [3.8, 4) is 17.4 Å². The van der Waals surface area contributed by atoms with Crippen molar-refractivity contribution in [3.63, 3.8) is 0 Å². The quantitative estimate of drug-likeness (QED) is 0.435. The number of carboxylic acids is 1. The molecule has 0 aliphatic carbocycles. The largest absolute Gasteiger partial charge is 0.492 e. The van der Waals surface area contributed by atoms with Crippen molar-refractivity contribution in [2.45, 2.75) is 13.8 Å². The first kappa shape index (κ1) is 20.1. The van der Waals surface area contributed by atoms with Gasteiger partial charge in [-0.25, -0.2) is 19.7 Å². The summed E-state index contributed by atoms with van der Waals surface area (Å²) in [6, 6.07) is 14.3. The fourth-order valence-electron chi connectivity index (χ4n) is 3.07. The molecule has 0 radical (unpaired) electrons. The Labute approximate surface area is 178 Å². The number of nitrogens with one attached hydrogen (secondary N) is 1. The molecule has 156 valence electrons. The summed E-state index contributed by atoms with van der Waals surface area (Å²) in [6.07, 6.45) is 2.96. The molecule has 3 aromatic heterocycles. The second-order valence-corrected chi connectivity index (χ2v) is 6.65. The minimum Gasteiger partial charge on any atom is -0.492 e. The van der Waals surface area contributed by atoms with Crippen LogP contribution in [0.25, 0.3) is 11.0 Å². The van der Waals surface area contributed by atoms with Crippen LogP contribution in [0.5, 0.6) is 17.4 Å². The standard InChI is InChI=1S/C23H20N4O4/c1-3-30-19-12-17-21(18(23(28)29)13-25-22(17)26-14(19)2)27-15-7-9-16(10-8-15)31-20-6-4-5-11-24-20/h4-13H,3H2,1-2H3,(H,28,29)(H,25,26,27). The maximum atomic E-state index is 11.8. The third-order valence-corrected chi connectivity index (χ3v) is 4.52. The van der Waals surface area contributed by atoms with E-state index in [1.807, 2.05) is 26.0 Å². The Balaban J connectivity index is 1.70. The summed E-state index contributed by atoms with van der Waals surface area (Å²) in [4.78, 5) is 24.6. The Bertz CT molecular complexity index is 1230. The number of aromatic carboxylic acids is 1. The average molecular weight is 416 g/mol. The number of anilines is 2. The summed E-state index contributed by atoms with van der Waals surface area (Å²) in [5.74, 6) is 0.589. The number of aryl methyl sites for hydroxylation is 1. The zero-order chi connectivity index (χ0) is 21.8. The number of benzene rings is 1. The monoisotopic (exact) mass is 416 g/mol. The number of aromatic nitrogens is 3. The molecule has 0 bridgehead atoms. The number of hydrogen-bond donors (Lipinski definition) is 2. The van der Waals surface area contributed by atoms with Crippen molar-refractivity contribution in [1.29, 1.82) is 0 Å². The first-order valence-electron chi connectivity index (χ1n) is 9.67. The molecule has 0 saturated carbocycles. The van der Waals surface area contributed by atoms with Crippen LogP contribution in [-0.2, 0) is 0 Å². The minimum absolute atomic E-state index is 0.0365. The smallest absolute Gasteiger partial charge is 0.339 e. The predicted molar refractivity (Wildman–Crippen MR) is 116 cm³/mol. The van der Waals surface area contributed by atoms with Gasteiger partial charge in [0.1, 0.15) is 17.1 Å². The number of fused-ring (bicyclic) bond motifs is 1. The van der Waals surface area contributed by atoms with Gasteiger partial charge in [0.25, 0.3) is 0 Å². The minimum atomic E-state index is -1.09. The molecule has 8 heteroatoms. The van der Waals surface area contributed by atoms with E-state index in [-0.39, 0.29) is 5.56 Å². The fourth-order valence-corrected chi connectivity index (χ4v) is 3.07. The predicted octanol–water partition coefficient (Wildman–Crippen LogP) is 4.97. The molecule has 0 amide bonds. The fraction of sp³-hybridized carbons (Fsp3) is 0.130. The summed E-state index contributed by atoms with van der Waals surface area (Å²) < 4.78 is 11.3. The highest BCUT2D eigenvalue weighted by Gasteiger charge is 2.17. The zero-order valence-electron chi connectivity index (χ0n) is 17.0. The maximum absolute atomic E-state index is 11.8. The van der Waals surface area contributed by atoms with E-state index in [2.05, 4.69) is 20.3 Å². The van der Waals surface area contributed by atoms with Crippen LogP contribution in [0.3, 0.4) is 0 Å². The lowest BCUT2D eigenvalue weighted by atomic mass is 10.1. The van der Waals surface area contributed by atoms with Crippen LogP contribution in [0.2, 0.25) is 0 Å². The maximum Gasteiger partial charge on any atom is 0.339 e. The Morgan fingerprint density at radius 2 is 1.94 bits per heavy atom. The summed E-state index contributed by atoms with van der Waals surface area (Å²) >= 11 is 0. The lowest BCUT2D eigenvalue weighted by molar-refractivity contribution is 0.0697. The third kappa shape index (κ3) is 4.37. The van der Waals surface area contributed by atoms with Crippen LogP contribution in [-0.4, -0.2) is 32.6 Å². The van der Waals surface area contributed by atoms with Crippen LogP contribution in [0.1, 0.15) is 23.0 Å². The topological polar surface area (TPSA) is 106 Å². The van der Waals surface area contributed by atoms with Gasteiger partial charge < -0.3 is 19.9 Å². The van der Waals surface area contributed by atoms with Gasteiger partial charge in [0, 0.05) is 29.5 Å². The number of carbonyl (C=O) groups is 1. The molecule has 0 unspecified atom stereocenters. The van der Waals surface area contributed by atoms with Crippen molar-refractivity contribution in [1.82, 2.24) is 15.0 Å². The van der Waals surface area contributed by atoms with Crippen molar-refractivity contribution in [2.75, 3.05) is 11.9 Å². The number of hydrogen-bond acceptors (Lipinski definition) is 7. The molecule has 4 aromatic rings. The van der Waals surface area contributed by atoms with Gasteiger partial charge in [-0.2, -0.15) is 0 Å². The second kappa shape index (κ2) is 8.66. The first-order chi connectivity index (χ1) is 15.0. The van der Waals surface area contributed by atoms with E-state index < -0.39 is 5.97 Å². The molecular formula is C23H20N4O4. The summed E-state index contributed by atoms with van der Waals surface area (Å²) in [6.45, 7) is 4.18. The van der Waals surface area contributed by atoms with E-state index in [0.29, 0.717) is 52.1 Å². The molecule has 3 heterocycles. The van der Waals surface area contributed by atoms with Gasteiger partial charge >= 0.3 is 5.97 Å². The van der Waals surface area contributed by atoms with Crippen LogP contribution in [0, 0.1) is 6.92 Å². The highest BCUT2D eigenvalue weighted by molar-refractivity contribution is 6.04. The second-order valence-electron chi connectivity index (χ2n) is 6.65. The first-order valence-corrected chi connectivity index (χ1v) is 9.67. The van der Waals surface area contributed by atoms with E-state index in [1.165, 1.54) is 6.20 Å². The van der Waals surface area contributed by atoms with Gasteiger partial charge in [-0.1, -0.05) is 6.07 Å².